The zero-order valence-corrected chi connectivity index (χ0v) is 14.7. The Kier molecular flexibility index (Phi) is 5.51. The number of piperidine rings is 1. The van der Waals surface area contributed by atoms with Crippen molar-refractivity contribution in [2.75, 3.05) is 24.2 Å². The van der Waals surface area contributed by atoms with Gasteiger partial charge in [0.25, 0.3) is 0 Å². The van der Waals surface area contributed by atoms with Gasteiger partial charge in [-0.3, -0.25) is 4.79 Å². The zero-order valence-electron chi connectivity index (χ0n) is 13.1. The lowest BCUT2D eigenvalue weighted by Crippen LogP contribution is -2.42. The summed E-state index contributed by atoms with van der Waals surface area (Å²) in [7, 11) is -3.15. The Labute approximate surface area is 135 Å². The fraction of sp³-hybridized carbons (Fsp3) is 0.769. The van der Waals surface area contributed by atoms with Crippen molar-refractivity contribution in [1.82, 2.24) is 14.5 Å². The van der Waals surface area contributed by atoms with E-state index in [2.05, 4.69) is 15.5 Å². The number of carbonyl (C=O) groups excluding carboxylic acids is 1. The fourth-order valence-electron chi connectivity index (χ4n) is 2.30. The summed E-state index contributed by atoms with van der Waals surface area (Å²) in [4.78, 5) is 12.2. The maximum Gasteiger partial charge on any atom is 0.229 e. The van der Waals surface area contributed by atoms with Crippen LogP contribution >= 0.6 is 11.3 Å². The van der Waals surface area contributed by atoms with Crippen LogP contribution in [0.15, 0.2) is 0 Å². The number of nitrogens with zero attached hydrogens (tertiary/aromatic N) is 3. The minimum Gasteiger partial charge on any atom is -0.300 e. The first kappa shape index (κ1) is 17.3. The van der Waals surface area contributed by atoms with Crippen LogP contribution in [0.2, 0.25) is 0 Å². The van der Waals surface area contributed by atoms with Crippen LogP contribution in [0.5, 0.6) is 0 Å². The highest BCUT2D eigenvalue weighted by atomic mass is 32.2. The highest BCUT2D eigenvalue weighted by Gasteiger charge is 2.30. The number of aromatic nitrogens is 2. The van der Waals surface area contributed by atoms with Gasteiger partial charge in [0, 0.05) is 24.9 Å². The van der Waals surface area contributed by atoms with E-state index < -0.39 is 10.0 Å². The van der Waals surface area contributed by atoms with E-state index in [1.165, 1.54) is 15.6 Å². The molecule has 0 bridgehead atoms. The first-order chi connectivity index (χ1) is 10.3. The monoisotopic (exact) mass is 346 g/mol. The van der Waals surface area contributed by atoms with Crippen LogP contribution in [-0.2, 0) is 14.8 Å². The van der Waals surface area contributed by atoms with Crippen molar-refractivity contribution >= 4 is 32.4 Å². The minimum absolute atomic E-state index is 0.0972. The summed E-state index contributed by atoms with van der Waals surface area (Å²) in [5, 5.41) is 12.2. The molecule has 0 spiro atoms. The lowest BCUT2D eigenvalue weighted by molar-refractivity contribution is -0.120. The number of hydrogen-bond donors (Lipinski definition) is 1. The second kappa shape index (κ2) is 7.01. The molecular formula is C13H22N4O3S2. The van der Waals surface area contributed by atoms with E-state index in [-0.39, 0.29) is 23.5 Å². The minimum atomic E-state index is -3.15. The summed E-state index contributed by atoms with van der Waals surface area (Å²) >= 11 is 1.38. The number of amides is 1. The molecule has 1 aliphatic rings. The number of nitrogens with one attached hydrogen (secondary N) is 1. The molecule has 0 radical (unpaired) electrons. The molecule has 2 heterocycles. The van der Waals surface area contributed by atoms with Crippen molar-refractivity contribution < 1.29 is 13.2 Å². The maximum atomic E-state index is 12.2. The van der Waals surface area contributed by atoms with Gasteiger partial charge >= 0.3 is 0 Å². The van der Waals surface area contributed by atoms with E-state index in [1.807, 2.05) is 13.8 Å². The molecule has 1 aliphatic heterocycles. The first-order valence-corrected chi connectivity index (χ1v) is 9.88. The number of rotatable bonds is 5. The van der Waals surface area contributed by atoms with E-state index in [4.69, 9.17) is 0 Å². The summed E-state index contributed by atoms with van der Waals surface area (Å²) in [6, 6.07) is 0. The molecule has 7 nitrogen and oxygen atoms in total. The van der Waals surface area contributed by atoms with Crippen molar-refractivity contribution in [3.63, 3.8) is 0 Å². The third kappa shape index (κ3) is 4.02. The third-order valence-corrected chi connectivity index (χ3v) is 6.77. The van der Waals surface area contributed by atoms with Gasteiger partial charge in [-0.1, -0.05) is 25.2 Å². The van der Waals surface area contributed by atoms with Crippen molar-refractivity contribution in [1.29, 1.82) is 0 Å². The molecule has 0 aliphatic carbocycles. The van der Waals surface area contributed by atoms with Gasteiger partial charge in [-0.05, 0) is 19.8 Å². The summed E-state index contributed by atoms with van der Waals surface area (Å²) in [6.07, 6.45) is 1.09. The molecule has 124 valence electrons. The van der Waals surface area contributed by atoms with Gasteiger partial charge in [0.2, 0.25) is 21.1 Å². The molecule has 1 amide bonds. The Bertz CT molecular complexity index is 619. The smallest absolute Gasteiger partial charge is 0.229 e. The van der Waals surface area contributed by atoms with Crippen LogP contribution in [-0.4, -0.2) is 47.7 Å². The average Bonchev–Trinajstić information content (AvgIpc) is 2.96. The number of hydrogen-bond acceptors (Lipinski definition) is 6. The largest absolute Gasteiger partial charge is 0.300 e. The van der Waals surface area contributed by atoms with Crippen LogP contribution in [0, 0.1) is 5.92 Å². The Balaban J connectivity index is 1.89. The van der Waals surface area contributed by atoms with Crippen molar-refractivity contribution in [3.05, 3.63) is 5.01 Å². The van der Waals surface area contributed by atoms with Crippen molar-refractivity contribution in [3.8, 4) is 0 Å². The van der Waals surface area contributed by atoms with Crippen molar-refractivity contribution in [2.45, 2.75) is 39.5 Å². The van der Waals surface area contributed by atoms with Gasteiger partial charge in [-0.15, -0.1) is 10.2 Å². The molecule has 22 heavy (non-hydrogen) atoms. The lowest BCUT2D eigenvalue weighted by Gasteiger charge is -2.29. The van der Waals surface area contributed by atoms with Crippen LogP contribution in [0.25, 0.3) is 0 Å². The zero-order chi connectivity index (χ0) is 16.3. The highest BCUT2D eigenvalue weighted by molar-refractivity contribution is 7.89. The van der Waals surface area contributed by atoms with E-state index in [1.54, 1.807) is 6.92 Å². The number of anilines is 1. The van der Waals surface area contributed by atoms with E-state index in [0.29, 0.717) is 31.1 Å². The molecule has 1 aromatic rings. The van der Waals surface area contributed by atoms with Crippen molar-refractivity contribution in [2.24, 2.45) is 5.92 Å². The molecule has 2 rings (SSSR count). The summed E-state index contributed by atoms with van der Waals surface area (Å²) in [6.45, 7) is 6.49. The lowest BCUT2D eigenvalue weighted by atomic mass is 9.97. The Morgan fingerprint density at radius 1 is 1.36 bits per heavy atom. The quantitative estimate of drug-likeness (QED) is 0.875. The molecule has 1 saturated heterocycles. The Morgan fingerprint density at radius 3 is 2.50 bits per heavy atom. The van der Waals surface area contributed by atoms with Crippen LogP contribution in [0.3, 0.4) is 0 Å². The normalized spacial score (nSPS) is 17.8. The highest BCUT2D eigenvalue weighted by Crippen LogP contribution is 2.25. The van der Waals surface area contributed by atoms with Crippen LogP contribution < -0.4 is 5.32 Å². The van der Waals surface area contributed by atoms with Crippen LogP contribution in [0.4, 0.5) is 5.13 Å². The predicted molar refractivity (Wildman–Crippen MR) is 86.4 cm³/mol. The molecular weight excluding hydrogens is 324 g/mol. The standard InChI is InChI=1S/C13H22N4O3S2/c1-4-22(19,20)17-7-5-10(6-8-17)11(18)14-13-16-15-12(21-13)9(2)3/h9-10H,4-8H2,1-3H3,(H,14,16,18). The summed E-state index contributed by atoms with van der Waals surface area (Å²) < 4.78 is 25.1. The molecule has 0 atom stereocenters. The topological polar surface area (TPSA) is 92.3 Å². The second-order valence-corrected chi connectivity index (χ2v) is 8.93. The summed E-state index contributed by atoms with van der Waals surface area (Å²) in [5.74, 6) is 0.118. The Morgan fingerprint density at radius 2 is 2.00 bits per heavy atom. The maximum absolute atomic E-state index is 12.2. The van der Waals surface area contributed by atoms with Gasteiger partial charge in [0.1, 0.15) is 5.01 Å². The molecule has 0 unspecified atom stereocenters. The molecule has 1 aromatic heterocycles. The van der Waals surface area contributed by atoms with E-state index >= 15 is 0 Å². The van der Waals surface area contributed by atoms with Gasteiger partial charge in [-0.2, -0.15) is 0 Å². The molecule has 1 fully saturated rings. The molecule has 0 aromatic carbocycles. The van der Waals surface area contributed by atoms with E-state index in [9.17, 15) is 13.2 Å². The van der Waals surface area contributed by atoms with Gasteiger partial charge in [0.05, 0.1) is 5.75 Å². The molecule has 0 saturated carbocycles. The number of sulfonamides is 1. The van der Waals surface area contributed by atoms with Gasteiger partial charge < -0.3 is 5.32 Å². The average molecular weight is 346 g/mol. The fourth-order valence-corrected chi connectivity index (χ4v) is 4.19. The Hall–Kier alpha value is -1.06. The second-order valence-electron chi connectivity index (χ2n) is 5.66. The predicted octanol–water partition coefficient (Wildman–Crippen LogP) is 1.66. The first-order valence-electron chi connectivity index (χ1n) is 7.45. The van der Waals surface area contributed by atoms with Crippen LogP contribution in [0.1, 0.15) is 44.5 Å². The van der Waals surface area contributed by atoms with E-state index in [0.717, 1.165) is 5.01 Å². The van der Waals surface area contributed by atoms with Gasteiger partial charge in [-0.25, -0.2) is 12.7 Å². The number of carbonyl (C=O) groups is 1. The SMILES string of the molecule is CCS(=O)(=O)N1CCC(C(=O)Nc2nnc(C(C)C)s2)CC1. The molecule has 1 N–H and O–H groups in total. The summed E-state index contributed by atoms with van der Waals surface area (Å²) in [5.41, 5.74) is 0. The molecule has 9 heteroatoms. The third-order valence-electron chi connectivity index (χ3n) is 3.75. The van der Waals surface area contributed by atoms with Gasteiger partial charge in [0.15, 0.2) is 0 Å².